The molecule has 3 fully saturated rings. The molecule has 10 heteroatoms. The molecule has 0 amide bonds. The minimum atomic E-state index is -0.753. The van der Waals surface area contributed by atoms with Gasteiger partial charge in [-0.05, 0) is 99.5 Å². The van der Waals surface area contributed by atoms with Crippen molar-refractivity contribution in [1.29, 1.82) is 0 Å². The Morgan fingerprint density at radius 2 is 1.78 bits per heavy atom. The summed E-state index contributed by atoms with van der Waals surface area (Å²) in [4.78, 5) is 23.5. The van der Waals surface area contributed by atoms with Gasteiger partial charge >= 0.3 is 5.97 Å². The molecule has 1 N–H and O–H groups in total. The number of benzene rings is 1. The molecule has 5 rings (SSSR count). The highest BCUT2D eigenvalue weighted by Crippen LogP contribution is 2.44. The molecule has 0 spiro atoms. The fourth-order valence-electron chi connectivity index (χ4n) is 8.35. The van der Waals surface area contributed by atoms with E-state index in [1.54, 1.807) is 10.9 Å². The highest BCUT2D eigenvalue weighted by atomic mass is 35.5. The van der Waals surface area contributed by atoms with Crippen molar-refractivity contribution >= 4 is 54.5 Å². The molecule has 2 heterocycles. The lowest BCUT2D eigenvalue weighted by Crippen LogP contribution is -2.47. The van der Waals surface area contributed by atoms with Gasteiger partial charge in [0.05, 0.1) is 10.7 Å². The molecule has 45 heavy (non-hydrogen) atoms. The number of thiazole rings is 1. The number of rotatable bonds is 11. The van der Waals surface area contributed by atoms with Crippen molar-refractivity contribution < 1.29 is 14.3 Å². The standard InChI is InChI=1S/C35H52FN3O2S.3ClH/c1-5-31-34(42-32(37-31)18-24-10-7-6-8-11-24)25-14-16-39(17-15-25)22-27-20-29(38(4)33(23(2)3)35(40)41)21-30(27)26-12-9-13-28(36)19-26;;;/h9,12-13,19,23-25,27,29-30,33H,5-8,10-11,14-18,20-22H2,1-4H3,(H,40,41);3*1H/t27?,29?,30?,33-;;;/m1.../s1. The number of piperidine rings is 1. The fraction of sp³-hybridized carbons (Fsp3) is 0.714. The molecule has 0 bridgehead atoms. The number of likely N-dealkylation sites (tertiary alicyclic amines) is 1. The molecule has 1 aromatic carbocycles. The van der Waals surface area contributed by atoms with Gasteiger partial charge in [0.25, 0.3) is 0 Å². The average Bonchev–Trinajstić information content (AvgIpc) is 3.58. The molecule has 256 valence electrons. The largest absolute Gasteiger partial charge is 0.480 e. The van der Waals surface area contributed by atoms with Crippen molar-refractivity contribution in [3.05, 3.63) is 51.2 Å². The van der Waals surface area contributed by atoms with Crippen LogP contribution in [0.1, 0.15) is 112 Å². The normalized spacial score (nSPS) is 23.8. The van der Waals surface area contributed by atoms with Crippen LogP contribution in [0.4, 0.5) is 4.39 Å². The number of carboxylic acid groups (broad SMARTS) is 1. The van der Waals surface area contributed by atoms with Crippen LogP contribution in [-0.2, 0) is 17.6 Å². The SMILES string of the molecule is CCc1nc(CC2CCCCC2)sc1C1CCN(CC2CC(N(C)[C@@H](C(=O)O)C(C)C)CC2c2cccc(F)c2)CC1.Cl.Cl.Cl. The topological polar surface area (TPSA) is 56.7 Å². The molecule has 3 aliphatic rings. The Hall–Kier alpha value is -0.960. The van der Waals surface area contributed by atoms with Gasteiger partial charge in [-0.25, -0.2) is 9.37 Å². The molecule has 2 saturated carbocycles. The van der Waals surface area contributed by atoms with E-state index in [0.717, 1.165) is 50.4 Å². The van der Waals surface area contributed by atoms with Crippen LogP contribution in [0.3, 0.4) is 0 Å². The molecule has 5 nitrogen and oxygen atoms in total. The fourth-order valence-corrected chi connectivity index (χ4v) is 9.79. The second-order valence-corrected chi connectivity index (χ2v) is 14.9. The van der Waals surface area contributed by atoms with Crippen molar-refractivity contribution in [3.8, 4) is 0 Å². The first-order valence-corrected chi connectivity index (χ1v) is 17.5. The third kappa shape index (κ3) is 10.0. The van der Waals surface area contributed by atoms with Gasteiger partial charge in [0.15, 0.2) is 0 Å². The van der Waals surface area contributed by atoms with Gasteiger partial charge in [-0.1, -0.05) is 65.0 Å². The molecular weight excluding hydrogens is 652 g/mol. The first-order valence-electron chi connectivity index (χ1n) is 16.6. The minimum absolute atomic E-state index is 0. The van der Waals surface area contributed by atoms with E-state index in [-0.39, 0.29) is 60.9 Å². The zero-order valence-corrected chi connectivity index (χ0v) is 30.7. The van der Waals surface area contributed by atoms with Crippen LogP contribution in [0.15, 0.2) is 24.3 Å². The van der Waals surface area contributed by atoms with Crippen LogP contribution >= 0.6 is 48.6 Å². The van der Waals surface area contributed by atoms with Crippen molar-refractivity contribution in [2.75, 3.05) is 26.7 Å². The molecule has 2 aromatic rings. The van der Waals surface area contributed by atoms with Gasteiger partial charge in [0.2, 0.25) is 0 Å². The van der Waals surface area contributed by atoms with E-state index in [2.05, 4.69) is 22.8 Å². The van der Waals surface area contributed by atoms with E-state index >= 15 is 0 Å². The van der Waals surface area contributed by atoms with Crippen molar-refractivity contribution in [2.45, 2.75) is 115 Å². The second kappa shape index (κ2) is 18.5. The van der Waals surface area contributed by atoms with Crippen LogP contribution in [0.25, 0.3) is 0 Å². The molecule has 1 saturated heterocycles. The average molecular weight is 707 g/mol. The summed E-state index contributed by atoms with van der Waals surface area (Å²) < 4.78 is 14.3. The van der Waals surface area contributed by atoms with Crippen LogP contribution in [0, 0.1) is 23.6 Å². The number of carboxylic acids is 1. The number of nitrogens with zero attached hydrogens (tertiary/aromatic N) is 3. The Morgan fingerprint density at radius 1 is 1.09 bits per heavy atom. The summed E-state index contributed by atoms with van der Waals surface area (Å²) >= 11 is 2.01. The van der Waals surface area contributed by atoms with Crippen molar-refractivity contribution in [2.24, 2.45) is 17.8 Å². The predicted octanol–water partition coefficient (Wildman–Crippen LogP) is 9.02. The van der Waals surface area contributed by atoms with Crippen LogP contribution in [0.5, 0.6) is 0 Å². The Bertz CT molecular complexity index is 1190. The van der Waals surface area contributed by atoms with Gasteiger partial charge in [0.1, 0.15) is 11.9 Å². The van der Waals surface area contributed by atoms with E-state index < -0.39 is 12.0 Å². The van der Waals surface area contributed by atoms with Gasteiger partial charge < -0.3 is 10.0 Å². The quantitative estimate of drug-likeness (QED) is 0.253. The number of carbonyl (C=O) groups is 1. The lowest BCUT2D eigenvalue weighted by Gasteiger charge is -2.35. The summed E-state index contributed by atoms with van der Waals surface area (Å²) in [5, 5.41) is 11.3. The number of hydrogen-bond donors (Lipinski definition) is 1. The Kier molecular flexibility index (Phi) is 16.6. The molecule has 3 unspecified atom stereocenters. The Morgan fingerprint density at radius 3 is 2.38 bits per heavy atom. The minimum Gasteiger partial charge on any atom is -0.480 e. The summed E-state index contributed by atoms with van der Waals surface area (Å²) in [6.07, 6.45) is 13.3. The summed E-state index contributed by atoms with van der Waals surface area (Å²) in [5.41, 5.74) is 2.40. The van der Waals surface area contributed by atoms with E-state index in [0.29, 0.717) is 11.8 Å². The number of likely N-dealkylation sites (N-methyl/N-ethyl adjacent to an activating group) is 1. The monoisotopic (exact) mass is 705 g/mol. The predicted molar refractivity (Wildman–Crippen MR) is 192 cm³/mol. The number of aryl methyl sites for hydroxylation is 1. The van der Waals surface area contributed by atoms with Crippen molar-refractivity contribution in [1.82, 2.24) is 14.8 Å². The van der Waals surface area contributed by atoms with Gasteiger partial charge in [-0.2, -0.15) is 0 Å². The molecular formula is C35H55Cl3FN3O2S. The van der Waals surface area contributed by atoms with E-state index in [9.17, 15) is 14.3 Å². The van der Waals surface area contributed by atoms with Gasteiger partial charge in [0, 0.05) is 23.9 Å². The highest BCUT2D eigenvalue weighted by Gasteiger charge is 2.42. The number of hydrogen-bond acceptors (Lipinski definition) is 5. The molecule has 1 aromatic heterocycles. The van der Waals surface area contributed by atoms with Gasteiger partial charge in [-0.3, -0.25) is 9.69 Å². The lowest BCUT2D eigenvalue weighted by atomic mass is 9.87. The molecule has 1 aliphatic heterocycles. The lowest BCUT2D eigenvalue weighted by molar-refractivity contribution is -0.145. The molecule has 2 aliphatic carbocycles. The number of aromatic nitrogens is 1. The zero-order valence-electron chi connectivity index (χ0n) is 27.5. The smallest absolute Gasteiger partial charge is 0.321 e. The Labute approximate surface area is 293 Å². The maximum absolute atomic E-state index is 14.3. The zero-order chi connectivity index (χ0) is 29.8. The van der Waals surface area contributed by atoms with Crippen LogP contribution in [-0.4, -0.2) is 64.6 Å². The van der Waals surface area contributed by atoms with E-state index in [1.165, 1.54) is 68.1 Å². The summed E-state index contributed by atoms with van der Waals surface area (Å²) in [6, 6.07) is 6.77. The second-order valence-electron chi connectivity index (χ2n) is 13.8. The first-order chi connectivity index (χ1) is 20.2. The first kappa shape index (κ1) is 40.2. The van der Waals surface area contributed by atoms with Crippen LogP contribution in [0.2, 0.25) is 0 Å². The summed E-state index contributed by atoms with van der Waals surface area (Å²) in [6.45, 7) is 9.39. The molecule has 0 radical (unpaired) electrons. The maximum Gasteiger partial charge on any atom is 0.321 e. The van der Waals surface area contributed by atoms with Crippen LogP contribution < -0.4 is 0 Å². The third-order valence-corrected chi connectivity index (χ3v) is 11.9. The third-order valence-electron chi connectivity index (χ3n) is 10.6. The van der Waals surface area contributed by atoms with Gasteiger partial charge in [-0.15, -0.1) is 48.6 Å². The molecule has 4 atom stereocenters. The summed E-state index contributed by atoms with van der Waals surface area (Å²) in [5.74, 6) is 1.15. The summed E-state index contributed by atoms with van der Waals surface area (Å²) in [7, 11) is 1.98. The van der Waals surface area contributed by atoms with Crippen molar-refractivity contribution in [3.63, 3.8) is 0 Å². The maximum atomic E-state index is 14.3. The Balaban J connectivity index is 0.00000235. The number of halogens is 4. The number of aliphatic carboxylic acids is 1. The highest BCUT2D eigenvalue weighted by molar-refractivity contribution is 7.11. The van der Waals surface area contributed by atoms with E-state index in [4.69, 9.17) is 4.98 Å². The van der Waals surface area contributed by atoms with E-state index in [1.807, 2.05) is 38.3 Å².